The van der Waals surface area contributed by atoms with Crippen LogP contribution in [0.4, 0.5) is 4.79 Å². The maximum atomic E-state index is 12.8. The second-order valence-electron chi connectivity index (χ2n) is 7.07. The average Bonchev–Trinajstić information content (AvgIpc) is 2.80. The molecule has 0 saturated carbocycles. The number of carbonyl (C=O) groups excluding carboxylic acids is 2. The number of alkyl carbamates (subject to hydrolysis) is 1. The van der Waals surface area contributed by atoms with Gasteiger partial charge in [0.2, 0.25) is 0 Å². The van der Waals surface area contributed by atoms with Crippen LogP contribution < -0.4 is 10.1 Å². The predicted molar refractivity (Wildman–Crippen MR) is 130 cm³/mol. The summed E-state index contributed by atoms with van der Waals surface area (Å²) in [5.41, 5.74) is 0.353. The number of carbonyl (C=O) groups is 3. The van der Waals surface area contributed by atoms with Gasteiger partial charge in [0.1, 0.15) is 11.5 Å². The number of ketones is 1. The highest BCUT2D eigenvalue weighted by Crippen LogP contribution is 2.39. The highest BCUT2D eigenvalue weighted by molar-refractivity contribution is 6.37. The summed E-state index contributed by atoms with van der Waals surface area (Å²) in [4.78, 5) is 36.2. The van der Waals surface area contributed by atoms with Crippen LogP contribution in [0, 0.1) is 0 Å². The molecule has 0 aromatic heterocycles. The van der Waals surface area contributed by atoms with Gasteiger partial charge in [-0.2, -0.15) is 0 Å². The van der Waals surface area contributed by atoms with Crippen LogP contribution in [0.5, 0.6) is 17.2 Å². The lowest BCUT2D eigenvalue weighted by atomic mass is 10.0. The zero-order valence-corrected chi connectivity index (χ0v) is 20.3. The van der Waals surface area contributed by atoms with Gasteiger partial charge in [0.15, 0.2) is 17.6 Å². The van der Waals surface area contributed by atoms with Crippen molar-refractivity contribution in [2.75, 3.05) is 6.61 Å². The van der Waals surface area contributed by atoms with Gasteiger partial charge in [0.05, 0.1) is 22.2 Å². The van der Waals surface area contributed by atoms with Crippen LogP contribution in [0.25, 0.3) is 0 Å². The zero-order valence-electron chi connectivity index (χ0n) is 18.1. The monoisotopic (exact) mass is 537 g/mol. The van der Waals surface area contributed by atoms with Gasteiger partial charge in [0, 0.05) is 10.6 Å². The van der Waals surface area contributed by atoms with Crippen molar-refractivity contribution in [3.63, 3.8) is 0 Å². The Bertz CT molecular complexity index is 1260. The number of carboxylic acid groups (broad SMARTS) is 1. The molecule has 0 aliphatic carbocycles. The van der Waals surface area contributed by atoms with Crippen molar-refractivity contribution < 1.29 is 34.1 Å². The first-order chi connectivity index (χ1) is 16.6. The number of aliphatic carboxylic acids is 1. The Morgan fingerprint density at radius 3 is 2.17 bits per heavy atom. The Morgan fingerprint density at radius 2 is 1.60 bits per heavy atom. The summed E-state index contributed by atoms with van der Waals surface area (Å²) in [6.07, 6.45) is -0.922. The molecule has 35 heavy (non-hydrogen) atoms. The van der Waals surface area contributed by atoms with Gasteiger partial charge in [0.25, 0.3) is 0 Å². The van der Waals surface area contributed by atoms with Crippen molar-refractivity contribution in [1.29, 1.82) is 0 Å². The van der Waals surface area contributed by atoms with Gasteiger partial charge in [-0.05, 0) is 67.1 Å². The number of halogens is 3. The van der Waals surface area contributed by atoms with E-state index >= 15 is 0 Å². The fourth-order valence-corrected chi connectivity index (χ4v) is 3.76. The van der Waals surface area contributed by atoms with Crippen LogP contribution in [0.2, 0.25) is 15.1 Å². The fraction of sp³-hybridized carbons (Fsp3) is 0.125. The molecule has 3 aromatic rings. The second-order valence-corrected chi connectivity index (χ2v) is 8.32. The molecule has 0 heterocycles. The molecule has 182 valence electrons. The Balaban J connectivity index is 1.90. The Hall–Kier alpha value is -3.46. The molecule has 0 saturated heterocycles. The lowest BCUT2D eigenvalue weighted by Crippen LogP contribution is -2.34. The van der Waals surface area contributed by atoms with Crippen LogP contribution in [0.15, 0.2) is 54.6 Å². The molecule has 0 aliphatic rings. The number of benzene rings is 3. The number of rotatable bonds is 8. The first-order valence-electron chi connectivity index (χ1n) is 10.1. The quantitative estimate of drug-likeness (QED) is 0.290. The number of carboxylic acids is 1. The highest BCUT2D eigenvalue weighted by atomic mass is 35.5. The first kappa shape index (κ1) is 26.2. The Labute approximate surface area is 214 Å². The number of nitrogens with one attached hydrogen (secondary N) is 1. The summed E-state index contributed by atoms with van der Waals surface area (Å²) in [6.45, 7) is 1.63. The molecular weight excluding hydrogens is 521 g/mol. The number of aromatic hydroxyl groups is 1. The van der Waals surface area contributed by atoms with Crippen molar-refractivity contribution in [2.45, 2.75) is 13.0 Å². The van der Waals surface area contributed by atoms with E-state index in [4.69, 9.17) is 44.3 Å². The summed E-state index contributed by atoms with van der Waals surface area (Å²) >= 11 is 18.5. The summed E-state index contributed by atoms with van der Waals surface area (Å²) < 4.78 is 10.5. The molecule has 0 aliphatic heterocycles. The smallest absolute Gasteiger partial charge is 0.408 e. The van der Waals surface area contributed by atoms with Gasteiger partial charge in [-0.25, -0.2) is 9.59 Å². The second kappa shape index (κ2) is 11.3. The van der Waals surface area contributed by atoms with Gasteiger partial charge in [-0.1, -0.05) is 34.8 Å². The largest absolute Gasteiger partial charge is 0.507 e. The molecule has 11 heteroatoms. The number of ether oxygens (including phenoxy) is 2. The number of hydrogen-bond acceptors (Lipinski definition) is 6. The molecule has 3 aromatic carbocycles. The number of phenolic OH excluding ortho intramolecular Hbond substituents is 1. The van der Waals surface area contributed by atoms with E-state index in [9.17, 15) is 24.6 Å². The third-order valence-corrected chi connectivity index (χ3v) is 5.49. The first-order valence-corrected chi connectivity index (χ1v) is 11.2. The predicted octanol–water partition coefficient (Wildman–Crippen LogP) is 6.25. The topological polar surface area (TPSA) is 122 Å². The summed E-state index contributed by atoms with van der Waals surface area (Å²) in [7, 11) is 0. The van der Waals surface area contributed by atoms with Crippen molar-refractivity contribution in [3.8, 4) is 17.2 Å². The van der Waals surface area contributed by atoms with E-state index in [-0.39, 0.29) is 45.0 Å². The van der Waals surface area contributed by atoms with Crippen molar-refractivity contribution >= 4 is 52.6 Å². The van der Waals surface area contributed by atoms with Gasteiger partial charge in [-0.3, -0.25) is 4.79 Å². The van der Waals surface area contributed by atoms with E-state index in [0.29, 0.717) is 10.6 Å². The molecule has 3 N–H and O–H groups in total. The van der Waals surface area contributed by atoms with E-state index in [1.54, 1.807) is 19.1 Å². The van der Waals surface area contributed by atoms with Crippen LogP contribution in [0.1, 0.15) is 34.5 Å². The lowest BCUT2D eigenvalue weighted by molar-refractivity contribution is -0.139. The minimum Gasteiger partial charge on any atom is -0.507 e. The molecule has 8 nitrogen and oxygen atoms in total. The molecular formula is C24H18Cl3NO7. The van der Waals surface area contributed by atoms with Gasteiger partial charge >= 0.3 is 12.1 Å². The van der Waals surface area contributed by atoms with Gasteiger partial charge < -0.3 is 25.0 Å². The van der Waals surface area contributed by atoms with Gasteiger partial charge in [-0.15, -0.1) is 0 Å². The summed E-state index contributed by atoms with van der Waals surface area (Å²) in [5.74, 6) is -1.97. The Morgan fingerprint density at radius 1 is 0.971 bits per heavy atom. The summed E-state index contributed by atoms with van der Waals surface area (Å²) in [6, 6.07) is 11.2. The third kappa shape index (κ3) is 6.36. The minimum absolute atomic E-state index is 0.0204. The molecule has 0 fully saturated rings. The normalized spacial score (nSPS) is 11.4. The molecule has 1 amide bonds. The molecule has 1 atom stereocenters. The fourth-order valence-electron chi connectivity index (χ4n) is 3.06. The molecule has 0 bridgehead atoms. The molecule has 0 radical (unpaired) electrons. The minimum atomic E-state index is -1.48. The number of hydrogen-bond donors (Lipinski definition) is 3. The maximum absolute atomic E-state index is 12.8. The molecule has 3 rings (SSSR count). The van der Waals surface area contributed by atoms with E-state index in [1.807, 2.05) is 0 Å². The van der Waals surface area contributed by atoms with Crippen LogP contribution in [-0.2, 0) is 9.53 Å². The van der Waals surface area contributed by atoms with Crippen molar-refractivity contribution in [1.82, 2.24) is 5.32 Å². The summed E-state index contributed by atoms with van der Waals surface area (Å²) in [5, 5.41) is 22.3. The standard InChI is InChI=1S/C24H18Cl3NO7/c1-2-34-24(33)28-20(23(31)32)13-9-17(26)22(18(27)10-13)35-15-7-8-19(29)16(11-15)21(30)12-3-5-14(25)6-4-12/h3-11,20,29H,2H2,1H3,(H,28,33)(H,31,32). The average molecular weight is 539 g/mol. The van der Waals surface area contributed by atoms with E-state index in [1.165, 1.54) is 42.5 Å². The van der Waals surface area contributed by atoms with Crippen molar-refractivity contribution in [2.24, 2.45) is 0 Å². The Kier molecular flexibility index (Phi) is 8.45. The van der Waals surface area contributed by atoms with Crippen LogP contribution in [0.3, 0.4) is 0 Å². The number of phenols is 1. The molecule has 0 spiro atoms. The third-order valence-electron chi connectivity index (χ3n) is 4.68. The zero-order chi connectivity index (χ0) is 25.7. The SMILES string of the molecule is CCOC(=O)NC(C(=O)O)c1cc(Cl)c(Oc2ccc(O)c(C(=O)c3ccc(Cl)cc3)c2)c(Cl)c1. The van der Waals surface area contributed by atoms with E-state index in [0.717, 1.165) is 0 Å². The van der Waals surface area contributed by atoms with Crippen molar-refractivity contribution in [3.05, 3.63) is 86.4 Å². The maximum Gasteiger partial charge on any atom is 0.408 e. The van der Waals surface area contributed by atoms with Crippen LogP contribution in [-0.4, -0.2) is 34.7 Å². The van der Waals surface area contributed by atoms with E-state index in [2.05, 4.69) is 5.32 Å². The van der Waals surface area contributed by atoms with E-state index < -0.39 is 23.9 Å². The number of amides is 1. The highest BCUT2D eigenvalue weighted by Gasteiger charge is 2.25. The van der Waals surface area contributed by atoms with Crippen LogP contribution >= 0.6 is 34.8 Å². The lowest BCUT2D eigenvalue weighted by Gasteiger charge is -2.17. The molecule has 1 unspecified atom stereocenters.